The van der Waals surface area contributed by atoms with E-state index < -0.39 is 47.7 Å². The second-order valence-electron chi connectivity index (χ2n) is 7.52. The van der Waals surface area contributed by atoms with Crippen LogP contribution in [0.3, 0.4) is 0 Å². The number of carboxylic acid groups (broad SMARTS) is 1. The number of primary amides is 1. The number of carboxylic acids is 1. The Morgan fingerprint density at radius 1 is 0.765 bits per heavy atom. The highest BCUT2D eigenvalue weighted by molar-refractivity contribution is 5.93. The van der Waals surface area contributed by atoms with Crippen LogP contribution in [0, 0.1) is 0 Å². The zero-order valence-electron chi connectivity index (χ0n) is 19.1. The maximum Gasteiger partial charge on any atom is 0.326 e. The molecule has 0 aromatic rings. The molecule has 3 atom stereocenters. The van der Waals surface area contributed by atoms with E-state index in [1.807, 2.05) is 0 Å². The van der Waals surface area contributed by atoms with Gasteiger partial charge in [-0.1, -0.05) is 0 Å². The monoisotopic (exact) mass is 487 g/mol. The average molecular weight is 488 g/mol. The molecule has 0 aliphatic carbocycles. The highest BCUT2D eigenvalue weighted by atomic mass is 16.4. The molecule has 0 saturated carbocycles. The number of carbonyl (C=O) groups excluding carboxylic acids is 4. The van der Waals surface area contributed by atoms with Gasteiger partial charge in [0.25, 0.3) is 0 Å². The van der Waals surface area contributed by atoms with Crippen LogP contribution in [0.2, 0.25) is 0 Å². The number of aliphatic imine (C=N–C) groups is 1. The fraction of sp³-hybridized carbons (Fsp3) is 0.684. The Bertz CT molecular complexity index is 727. The molecule has 14 N–H and O–H groups in total. The van der Waals surface area contributed by atoms with E-state index in [0.717, 1.165) is 0 Å². The fourth-order valence-corrected chi connectivity index (χ4v) is 2.88. The molecule has 0 aromatic heterocycles. The molecule has 194 valence electrons. The number of nitrogens with two attached hydrogens (primary N) is 5. The number of guanidine groups is 1. The molecule has 34 heavy (non-hydrogen) atoms. The van der Waals surface area contributed by atoms with Crippen molar-refractivity contribution in [3.63, 3.8) is 0 Å². The number of carbonyl (C=O) groups is 5. The number of hydrogen-bond acceptors (Lipinski definition) is 8. The predicted octanol–water partition coefficient (Wildman–Crippen LogP) is -4.07. The van der Waals surface area contributed by atoms with E-state index >= 15 is 0 Å². The van der Waals surface area contributed by atoms with Gasteiger partial charge in [0.05, 0.1) is 6.54 Å². The highest BCUT2D eigenvalue weighted by Crippen LogP contribution is 2.06. The number of nitrogens with zero attached hydrogens (tertiary/aromatic N) is 1. The smallest absolute Gasteiger partial charge is 0.326 e. The first-order valence-corrected chi connectivity index (χ1v) is 10.9. The summed E-state index contributed by atoms with van der Waals surface area (Å²) in [6.07, 6.45) is 1.25. The Balaban J connectivity index is 5.41. The van der Waals surface area contributed by atoms with Gasteiger partial charge in [-0.2, -0.15) is 0 Å². The van der Waals surface area contributed by atoms with E-state index in [4.69, 9.17) is 28.7 Å². The third-order valence-electron chi connectivity index (χ3n) is 4.66. The van der Waals surface area contributed by atoms with Crippen LogP contribution in [0.1, 0.15) is 44.9 Å². The van der Waals surface area contributed by atoms with Crippen LogP contribution in [-0.2, 0) is 24.0 Å². The van der Waals surface area contributed by atoms with Gasteiger partial charge in [-0.25, -0.2) is 4.79 Å². The second kappa shape index (κ2) is 17.1. The summed E-state index contributed by atoms with van der Waals surface area (Å²) in [5, 5.41) is 16.7. The van der Waals surface area contributed by atoms with E-state index in [-0.39, 0.29) is 44.7 Å². The van der Waals surface area contributed by atoms with Crippen LogP contribution in [0.25, 0.3) is 0 Å². The molecular formula is C19H37N9O6. The van der Waals surface area contributed by atoms with E-state index in [1.165, 1.54) is 0 Å². The number of nitrogens with one attached hydrogen (secondary N) is 3. The maximum absolute atomic E-state index is 12.9. The Kier molecular flexibility index (Phi) is 15.3. The molecular weight excluding hydrogens is 450 g/mol. The van der Waals surface area contributed by atoms with E-state index in [0.29, 0.717) is 25.8 Å². The normalized spacial score (nSPS) is 13.1. The van der Waals surface area contributed by atoms with Crippen molar-refractivity contribution in [2.24, 2.45) is 33.7 Å². The number of unbranched alkanes of at least 4 members (excludes halogenated alkanes) is 1. The first-order valence-electron chi connectivity index (χ1n) is 10.9. The van der Waals surface area contributed by atoms with Crippen molar-refractivity contribution < 1.29 is 29.1 Å². The third-order valence-corrected chi connectivity index (χ3v) is 4.66. The lowest BCUT2D eigenvalue weighted by atomic mass is 10.0. The topological polar surface area (TPSA) is 284 Å². The molecule has 0 spiro atoms. The lowest BCUT2D eigenvalue weighted by molar-refractivity contribution is -0.142. The van der Waals surface area contributed by atoms with Gasteiger partial charge in [0.15, 0.2) is 5.96 Å². The Morgan fingerprint density at radius 3 is 1.82 bits per heavy atom. The number of amides is 4. The molecule has 3 unspecified atom stereocenters. The maximum atomic E-state index is 12.9. The largest absolute Gasteiger partial charge is 0.480 e. The molecule has 15 heteroatoms. The highest BCUT2D eigenvalue weighted by Gasteiger charge is 2.29. The van der Waals surface area contributed by atoms with Crippen LogP contribution in [0.15, 0.2) is 4.99 Å². The third kappa shape index (κ3) is 13.8. The van der Waals surface area contributed by atoms with E-state index in [1.54, 1.807) is 0 Å². The van der Waals surface area contributed by atoms with Crippen molar-refractivity contribution in [1.29, 1.82) is 0 Å². The van der Waals surface area contributed by atoms with Crippen molar-refractivity contribution in [2.45, 2.75) is 63.1 Å². The Labute approximate surface area is 197 Å². The number of hydrogen-bond donors (Lipinski definition) is 9. The molecule has 0 aromatic carbocycles. The van der Waals surface area contributed by atoms with Crippen molar-refractivity contribution in [2.75, 3.05) is 19.6 Å². The van der Waals surface area contributed by atoms with Gasteiger partial charge in [-0.3, -0.25) is 24.2 Å². The van der Waals surface area contributed by atoms with Gasteiger partial charge in [0.1, 0.15) is 18.1 Å². The lowest BCUT2D eigenvalue weighted by Crippen LogP contribution is -2.56. The van der Waals surface area contributed by atoms with Gasteiger partial charge >= 0.3 is 5.97 Å². The van der Waals surface area contributed by atoms with Crippen LogP contribution in [0.4, 0.5) is 0 Å². The lowest BCUT2D eigenvalue weighted by Gasteiger charge is -2.24. The van der Waals surface area contributed by atoms with Crippen LogP contribution in [-0.4, -0.2) is 78.4 Å². The summed E-state index contributed by atoms with van der Waals surface area (Å²) in [5.74, 6) is -4.19. The first kappa shape index (κ1) is 30.5. The molecule has 0 bridgehead atoms. The van der Waals surface area contributed by atoms with Gasteiger partial charge in [0, 0.05) is 13.0 Å². The summed E-state index contributed by atoms with van der Waals surface area (Å²) >= 11 is 0. The molecule has 0 heterocycles. The summed E-state index contributed by atoms with van der Waals surface area (Å²) in [6, 6.07) is -3.51. The SMILES string of the molecule is NCCCCC(NC(=O)C(CCCN=C(N)N)NC(=O)CN)C(=O)NC(CCC(N)=O)C(=O)O. The summed E-state index contributed by atoms with van der Waals surface area (Å²) < 4.78 is 0. The zero-order chi connectivity index (χ0) is 26.1. The van der Waals surface area contributed by atoms with Gasteiger partial charge in [0.2, 0.25) is 23.6 Å². The molecule has 0 saturated heterocycles. The Morgan fingerprint density at radius 2 is 1.32 bits per heavy atom. The minimum atomic E-state index is -1.37. The molecule has 0 aliphatic rings. The zero-order valence-corrected chi connectivity index (χ0v) is 19.1. The number of aliphatic carboxylic acids is 1. The Hall–Kier alpha value is -3.46. The summed E-state index contributed by atoms with van der Waals surface area (Å²) in [7, 11) is 0. The number of rotatable bonds is 18. The van der Waals surface area contributed by atoms with Crippen LogP contribution in [0.5, 0.6) is 0 Å². The second-order valence-corrected chi connectivity index (χ2v) is 7.52. The van der Waals surface area contributed by atoms with Crippen molar-refractivity contribution in [3.8, 4) is 0 Å². The minimum absolute atomic E-state index is 0.118. The van der Waals surface area contributed by atoms with Crippen molar-refractivity contribution in [3.05, 3.63) is 0 Å². The standard InChI is InChI=1S/C19H37N9O6/c20-8-2-1-4-12(17(32)28-13(18(33)34)6-7-14(22)29)27-16(31)11(26-15(30)10-21)5-3-9-25-19(23)24/h11-13H,1-10,20-21H2,(H2,22,29)(H,26,30)(H,27,31)(H,28,32)(H,33,34)(H4,23,24,25). The first-order chi connectivity index (χ1) is 16.0. The molecule has 0 radical (unpaired) electrons. The van der Waals surface area contributed by atoms with Crippen molar-refractivity contribution >= 4 is 35.6 Å². The van der Waals surface area contributed by atoms with E-state index in [2.05, 4.69) is 20.9 Å². The van der Waals surface area contributed by atoms with Crippen molar-refractivity contribution in [1.82, 2.24) is 16.0 Å². The van der Waals surface area contributed by atoms with Crippen LogP contribution >= 0.6 is 0 Å². The molecule has 4 amide bonds. The van der Waals surface area contributed by atoms with Gasteiger partial charge < -0.3 is 49.7 Å². The summed E-state index contributed by atoms with van der Waals surface area (Å²) in [5.41, 5.74) is 26.4. The fourth-order valence-electron chi connectivity index (χ4n) is 2.88. The molecule has 0 aliphatic heterocycles. The van der Waals surface area contributed by atoms with E-state index in [9.17, 15) is 29.1 Å². The van der Waals surface area contributed by atoms with Crippen LogP contribution < -0.4 is 44.6 Å². The summed E-state index contributed by atoms with van der Waals surface area (Å²) in [4.78, 5) is 63.7. The van der Waals surface area contributed by atoms with Gasteiger partial charge in [-0.15, -0.1) is 0 Å². The molecule has 0 fully saturated rings. The molecule has 0 rings (SSSR count). The minimum Gasteiger partial charge on any atom is -0.480 e. The average Bonchev–Trinajstić information content (AvgIpc) is 2.76. The molecule has 15 nitrogen and oxygen atoms in total. The quantitative estimate of drug-likeness (QED) is 0.0511. The summed E-state index contributed by atoms with van der Waals surface area (Å²) in [6.45, 7) is 0.224. The van der Waals surface area contributed by atoms with Gasteiger partial charge in [-0.05, 0) is 45.1 Å². The predicted molar refractivity (Wildman–Crippen MR) is 124 cm³/mol.